The van der Waals surface area contributed by atoms with E-state index < -0.39 is 0 Å². The number of methoxy groups -OCH3 is 1. The van der Waals surface area contributed by atoms with Gasteiger partial charge in [0.25, 0.3) is 6.02 Å². The number of hydrogen-bond acceptors (Lipinski definition) is 5. The Morgan fingerprint density at radius 1 is 1.07 bits per heavy atom. The molecule has 1 aromatic heterocycles. The van der Waals surface area contributed by atoms with Gasteiger partial charge in [0.1, 0.15) is 17.9 Å². The lowest BCUT2D eigenvalue weighted by Crippen LogP contribution is -2.38. The van der Waals surface area contributed by atoms with Gasteiger partial charge in [0.2, 0.25) is 0 Å². The molecule has 2 fully saturated rings. The fraction of sp³-hybridized carbons (Fsp3) is 0.583. The highest BCUT2D eigenvalue weighted by molar-refractivity contribution is 5.82. The third-order valence-electron chi connectivity index (χ3n) is 6.21. The Balaban J connectivity index is 1.53. The van der Waals surface area contributed by atoms with Crippen LogP contribution in [0.3, 0.4) is 0 Å². The summed E-state index contributed by atoms with van der Waals surface area (Å²) >= 11 is 0. The van der Waals surface area contributed by atoms with E-state index in [1.807, 2.05) is 12.1 Å². The Labute approximate surface area is 177 Å². The van der Waals surface area contributed by atoms with Crippen molar-refractivity contribution in [3.63, 3.8) is 0 Å². The Morgan fingerprint density at radius 2 is 1.80 bits per heavy atom. The number of rotatable bonds is 5. The molecule has 1 heterocycles. The molecule has 2 aliphatic rings. The van der Waals surface area contributed by atoms with Gasteiger partial charge >= 0.3 is 5.63 Å². The maximum atomic E-state index is 12.1. The third kappa shape index (κ3) is 5.35. The lowest BCUT2D eigenvalue weighted by Gasteiger charge is -2.26. The Morgan fingerprint density at radius 3 is 2.53 bits per heavy atom. The second-order valence-electron chi connectivity index (χ2n) is 8.45. The molecule has 162 valence electrons. The Bertz CT molecular complexity index is 924. The lowest BCUT2D eigenvalue weighted by atomic mass is 9.95. The molecule has 0 amide bonds. The molecule has 2 aromatic rings. The minimum atomic E-state index is -0.389. The molecule has 4 rings (SSSR count). The molecule has 30 heavy (non-hydrogen) atoms. The predicted molar refractivity (Wildman–Crippen MR) is 118 cm³/mol. The molecule has 0 bridgehead atoms. The van der Waals surface area contributed by atoms with Gasteiger partial charge in [-0.25, -0.2) is 9.79 Å². The van der Waals surface area contributed by atoms with Crippen molar-refractivity contribution in [2.45, 2.75) is 82.9 Å². The summed E-state index contributed by atoms with van der Waals surface area (Å²) in [6.45, 7) is 0.277. The first-order valence-corrected chi connectivity index (χ1v) is 11.3. The van der Waals surface area contributed by atoms with Crippen molar-refractivity contribution in [1.82, 2.24) is 5.32 Å². The second-order valence-corrected chi connectivity index (χ2v) is 8.45. The van der Waals surface area contributed by atoms with Crippen molar-refractivity contribution < 1.29 is 13.9 Å². The SMILES string of the molecule is COc1ccc2c(CO/C(=N\C3CCCCC3)NC3CCCCC3)cc(=O)oc2c1. The highest BCUT2D eigenvalue weighted by atomic mass is 16.5. The molecule has 6 nitrogen and oxygen atoms in total. The average Bonchev–Trinajstić information content (AvgIpc) is 2.78. The summed E-state index contributed by atoms with van der Waals surface area (Å²) in [6.07, 6.45) is 12.1. The number of ether oxygens (including phenoxy) is 2. The van der Waals surface area contributed by atoms with Gasteiger partial charge in [0.15, 0.2) is 0 Å². The molecule has 0 unspecified atom stereocenters. The van der Waals surface area contributed by atoms with Crippen LogP contribution in [0.2, 0.25) is 0 Å². The van der Waals surface area contributed by atoms with Crippen molar-refractivity contribution >= 4 is 17.0 Å². The summed E-state index contributed by atoms with van der Waals surface area (Å²) in [7, 11) is 1.59. The summed E-state index contributed by atoms with van der Waals surface area (Å²) < 4.78 is 16.8. The summed E-state index contributed by atoms with van der Waals surface area (Å²) in [5, 5.41) is 4.41. The summed E-state index contributed by atoms with van der Waals surface area (Å²) in [5.74, 6) is 0.655. The van der Waals surface area contributed by atoms with Crippen molar-refractivity contribution in [2.75, 3.05) is 7.11 Å². The maximum Gasteiger partial charge on any atom is 0.336 e. The molecule has 0 radical (unpaired) electrons. The number of hydrogen-bond donors (Lipinski definition) is 1. The van der Waals surface area contributed by atoms with Crippen LogP contribution in [0.15, 0.2) is 38.5 Å². The second kappa shape index (κ2) is 10.0. The van der Waals surface area contributed by atoms with Crippen LogP contribution < -0.4 is 15.7 Å². The number of amidine groups is 1. The van der Waals surface area contributed by atoms with E-state index in [0.29, 0.717) is 29.4 Å². The molecule has 0 aliphatic heterocycles. The van der Waals surface area contributed by atoms with Crippen LogP contribution in [-0.2, 0) is 11.3 Å². The predicted octanol–water partition coefficient (Wildman–Crippen LogP) is 4.93. The molecular formula is C24H32N2O4. The lowest BCUT2D eigenvalue weighted by molar-refractivity contribution is 0.258. The van der Waals surface area contributed by atoms with Crippen molar-refractivity contribution in [2.24, 2.45) is 4.99 Å². The van der Waals surface area contributed by atoms with E-state index in [0.717, 1.165) is 36.6 Å². The fourth-order valence-electron chi connectivity index (χ4n) is 4.52. The monoisotopic (exact) mass is 412 g/mol. The van der Waals surface area contributed by atoms with Gasteiger partial charge in [0.05, 0.1) is 13.2 Å². The normalized spacial score (nSPS) is 19.0. The minimum absolute atomic E-state index is 0.277. The van der Waals surface area contributed by atoms with Crippen LogP contribution in [0.4, 0.5) is 0 Å². The molecule has 0 atom stereocenters. The first kappa shape index (κ1) is 20.8. The van der Waals surface area contributed by atoms with E-state index in [-0.39, 0.29) is 12.2 Å². The number of aliphatic imine (C=N–C) groups is 1. The van der Waals surface area contributed by atoms with Crippen LogP contribution in [0.1, 0.15) is 69.8 Å². The summed E-state index contributed by atoms with van der Waals surface area (Å²) in [5.41, 5.74) is 0.914. The van der Waals surface area contributed by atoms with E-state index in [1.165, 1.54) is 44.6 Å². The smallest absolute Gasteiger partial charge is 0.336 e. The van der Waals surface area contributed by atoms with Crippen molar-refractivity contribution in [1.29, 1.82) is 0 Å². The molecule has 2 aliphatic carbocycles. The highest BCUT2D eigenvalue weighted by Gasteiger charge is 2.19. The number of nitrogens with one attached hydrogen (secondary N) is 1. The van der Waals surface area contributed by atoms with E-state index in [4.69, 9.17) is 18.9 Å². The number of fused-ring (bicyclic) bond motifs is 1. The molecule has 1 aromatic carbocycles. The van der Waals surface area contributed by atoms with Crippen LogP contribution >= 0.6 is 0 Å². The van der Waals surface area contributed by atoms with E-state index in [1.54, 1.807) is 13.2 Å². The highest BCUT2D eigenvalue weighted by Crippen LogP contribution is 2.24. The van der Waals surface area contributed by atoms with Crippen molar-refractivity contribution in [3.05, 3.63) is 40.2 Å². The van der Waals surface area contributed by atoms with Crippen LogP contribution in [0, 0.1) is 0 Å². The summed E-state index contributed by atoms with van der Waals surface area (Å²) in [4.78, 5) is 17.0. The molecule has 1 N–H and O–H groups in total. The van der Waals surface area contributed by atoms with Gasteiger partial charge in [-0.3, -0.25) is 0 Å². The van der Waals surface area contributed by atoms with Gasteiger partial charge in [-0.1, -0.05) is 38.5 Å². The third-order valence-corrected chi connectivity index (χ3v) is 6.21. The topological polar surface area (TPSA) is 73.1 Å². The van der Waals surface area contributed by atoms with Gasteiger partial charge in [-0.05, 0) is 37.8 Å². The van der Waals surface area contributed by atoms with Gasteiger partial charge in [0, 0.05) is 29.1 Å². The van der Waals surface area contributed by atoms with Crippen molar-refractivity contribution in [3.8, 4) is 5.75 Å². The molecule has 2 saturated carbocycles. The Hall–Kier alpha value is -2.50. The van der Waals surface area contributed by atoms with Gasteiger partial charge < -0.3 is 19.2 Å². The van der Waals surface area contributed by atoms with Gasteiger partial charge in [-0.2, -0.15) is 0 Å². The first-order chi connectivity index (χ1) is 14.7. The largest absolute Gasteiger partial charge is 0.497 e. The number of benzene rings is 1. The standard InChI is InChI=1S/C24H32N2O4/c1-28-20-12-13-21-17(14-23(27)30-22(21)15-20)16-29-24(25-18-8-4-2-5-9-18)26-19-10-6-3-7-11-19/h12-15,18-19H,2-11,16H2,1H3,(H,25,26). The zero-order valence-electron chi connectivity index (χ0n) is 17.8. The molecule has 0 spiro atoms. The molecule has 0 saturated heterocycles. The summed E-state index contributed by atoms with van der Waals surface area (Å²) in [6, 6.07) is 8.38. The number of nitrogens with zero attached hydrogens (tertiary/aromatic N) is 1. The minimum Gasteiger partial charge on any atom is -0.497 e. The van der Waals surface area contributed by atoms with E-state index >= 15 is 0 Å². The molecular weight excluding hydrogens is 380 g/mol. The average molecular weight is 413 g/mol. The van der Waals surface area contributed by atoms with E-state index in [2.05, 4.69) is 5.32 Å². The van der Waals surface area contributed by atoms with Crippen LogP contribution in [0.5, 0.6) is 5.75 Å². The zero-order chi connectivity index (χ0) is 20.8. The quantitative estimate of drug-likeness (QED) is 0.428. The molecule has 6 heteroatoms. The fourth-order valence-corrected chi connectivity index (χ4v) is 4.52. The van der Waals surface area contributed by atoms with E-state index in [9.17, 15) is 4.79 Å². The zero-order valence-corrected chi connectivity index (χ0v) is 17.8. The maximum absolute atomic E-state index is 12.1. The first-order valence-electron chi connectivity index (χ1n) is 11.3. The van der Waals surface area contributed by atoms with Crippen LogP contribution in [-0.4, -0.2) is 25.2 Å². The Kier molecular flexibility index (Phi) is 6.92. The van der Waals surface area contributed by atoms with Gasteiger partial charge in [-0.15, -0.1) is 0 Å². The van der Waals surface area contributed by atoms with Crippen LogP contribution in [0.25, 0.3) is 11.0 Å².